The van der Waals surface area contributed by atoms with Crippen molar-refractivity contribution in [2.45, 2.75) is 0 Å². The predicted molar refractivity (Wildman–Crippen MR) is 78.8 cm³/mol. The minimum atomic E-state index is -0.513. The number of hydrogen-bond donors (Lipinski definition) is 2. The van der Waals surface area contributed by atoms with E-state index in [1.165, 1.54) is 0 Å². The fourth-order valence-corrected chi connectivity index (χ4v) is 1.42. The molecule has 0 aliphatic carbocycles. The van der Waals surface area contributed by atoms with Crippen molar-refractivity contribution in [3.8, 4) is 5.75 Å². The number of amides is 1. The summed E-state index contributed by atoms with van der Waals surface area (Å²) in [5.41, 5.74) is 0. The van der Waals surface area contributed by atoms with Gasteiger partial charge in [-0.2, -0.15) is 0 Å². The molecule has 0 fully saturated rings. The maximum absolute atomic E-state index is 11.3. The van der Waals surface area contributed by atoms with Crippen molar-refractivity contribution < 1.29 is 28.8 Å². The van der Waals surface area contributed by atoms with Crippen molar-refractivity contribution in [3.63, 3.8) is 0 Å². The Labute approximate surface area is 130 Å². The van der Waals surface area contributed by atoms with Crippen LogP contribution in [0.3, 0.4) is 0 Å². The van der Waals surface area contributed by atoms with E-state index in [2.05, 4.69) is 11.4 Å². The number of rotatable bonds is 12. The maximum Gasteiger partial charge on any atom is 0.407 e. The molecule has 0 atom stereocenters. The topological polar surface area (TPSA) is 86.3 Å². The van der Waals surface area contributed by atoms with Gasteiger partial charge in [-0.3, -0.25) is 0 Å². The smallest absolute Gasteiger partial charge is 0.407 e. The van der Waals surface area contributed by atoms with Gasteiger partial charge in [-0.1, -0.05) is 18.2 Å². The summed E-state index contributed by atoms with van der Waals surface area (Å²) in [5.74, 6) is 0.614. The minimum Gasteiger partial charge on any atom is -0.489 e. The first-order chi connectivity index (χ1) is 10.8. The average molecular weight is 312 g/mol. The first-order valence-corrected chi connectivity index (χ1v) is 7.09. The monoisotopic (exact) mass is 312 g/mol. The second-order valence-corrected chi connectivity index (χ2v) is 4.09. The van der Waals surface area contributed by atoms with Crippen LogP contribution in [0.4, 0.5) is 4.79 Å². The van der Waals surface area contributed by atoms with Crippen LogP contribution in [-0.2, 0) is 14.2 Å². The highest BCUT2D eigenvalue weighted by Gasteiger charge is 2.01. The largest absolute Gasteiger partial charge is 0.489 e. The van der Waals surface area contributed by atoms with Crippen molar-refractivity contribution in [2.24, 2.45) is 0 Å². The number of carbonyl (C=O) groups excluding carboxylic acids is 1. The Bertz CT molecular complexity index is 387. The molecule has 1 radical (unpaired) electrons. The number of nitrogens with one attached hydrogen (secondary N) is 1. The average Bonchev–Trinajstić information content (AvgIpc) is 2.55. The second kappa shape index (κ2) is 12.9. The minimum absolute atomic E-state index is 0.000581. The van der Waals surface area contributed by atoms with Gasteiger partial charge >= 0.3 is 6.09 Å². The highest BCUT2D eigenvalue weighted by molar-refractivity contribution is 5.67. The number of carbonyl (C=O) groups is 1. The Balaban J connectivity index is 1.87. The highest BCUT2D eigenvalue weighted by atomic mass is 16.6. The normalized spacial score (nSPS) is 10.2. The first kappa shape index (κ1) is 18.2. The second-order valence-electron chi connectivity index (χ2n) is 4.09. The zero-order valence-electron chi connectivity index (χ0n) is 12.5. The molecule has 0 unspecified atom stereocenters. The van der Waals surface area contributed by atoms with Gasteiger partial charge in [-0.15, -0.1) is 0 Å². The molecule has 0 aliphatic rings. The lowest BCUT2D eigenvalue weighted by Gasteiger charge is -2.08. The van der Waals surface area contributed by atoms with Crippen LogP contribution in [0.15, 0.2) is 24.3 Å². The van der Waals surface area contributed by atoms with Gasteiger partial charge in [0.15, 0.2) is 0 Å². The van der Waals surface area contributed by atoms with Crippen LogP contribution < -0.4 is 10.1 Å². The lowest BCUT2D eigenvalue weighted by Crippen LogP contribution is -2.29. The zero-order valence-corrected chi connectivity index (χ0v) is 12.5. The Hall–Kier alpha value is -1.83. The van der Waals surface area contributed by atoms with Crippen LogP contribution in [-0.4, -0.2) is 64.0 Å². The Morgan fingerprint density at radius 2 is 1.91 bits per heavy atom. The number of aliphatic hydroxyl groups is 1. The van der Waals surface area contributed by atoms with Crippen LogP contribution in [0.25, 0.3) is 0 Å². The molecule has 123 valence electrons. The lowest BCUT2D eigenvalue weighted by molar-refractivity contribution is 0.0336. The van der Waals surface area contributed by atoms with Crippen molar-refractivity contribution in [3.05, 3.63) is 30.3 Å². The molecule has 2 N–H and O–H groups in total. The zero-order chi connectivity index (χ0) is 15.9. The lowest BCUT2D eigenvalue weighted by atomic mass is 10.3. The van der Waals surface area contributed by atoms with E-state index in [-0.39, 0.29) is 19.8 Å². The molecule has 1 aromatic rings. The summed E-state index contributed by atoms with van der Waals surface area (Å²) in [4.78, 5) is 11.3. The van der Waals surface area contributed by atoms with Crippen LogP contribution in [0.2, 0.25) is 0 Å². The van der Waals surface area contributed by atoms with E-state index in [0.717, 1.165) is 0 Å². The van der Waals surface area contributed by atoms with E-state index < -0.39 is 6.09 Å². The molecule has 0 bridgehead atoms. The van der Waals surface area contributed by atoms with Gasteiger partial charge in [0, 0.05) is 12.6 Å². The van der Waals surface area contributed by atoms with Gasteiger partial charge in [0.1, 0.15) is 19.0 Å². The molecule has 0 saturated carbocycles. The number of alkyl carbamates (subject to hydrolysis) is 1. The molecule has 0 aliphatic heterocycles. The van der Waals surface area contributed by atoms with Gasteiger partial charge < -0.3 is 29.4 Å². The third-order valence-electron chi connectivity index (χ3n) is 2.38. The number of ether oxygens (including phenoxy) is 4. The molecule has 1 rings (SSSR count). The molecular formula is C15H22NO6. The van der Waals surface area contributed by atoms with Crippen LogP contribution in [0, 0.1) is 6.07 Å². The van der Waals surface area contributed by atoms with Gasteiger partial charge in [-0.05, 0) is 6.07 Å². The molecule has 0 spiro atoms. The van der Waals surface area contributed by atoms with E-state index in [0.29, 0.717) is 38.7 Å². The van der Waals surface area contributed by atoms with Gasteiger partial charge in [-0.25, -0.2) is 4.79 Å². The SMILES string of the molecule is O=C(NCCOCCOCCO)OCCOc1[c]cccc1. The summed E-state index contributed by atoms with van der Waals surface area (Å²) in [6, 6.07) is 10.1. The molecule has 0 aromatic heterocycles. The summed E-state index contributed by atoms with van der Waals surface area (Å²) in [6.45, 7) is 2.28. The number of aliphatic hydroxyl groups excluding tert-OH is 1. The quantitative estimate of drug-likeness (QED) is 0.550. The molecule has 7 nitrogen and oxygen atoms in total. The molecular weight excluding hydrogens is 290 g/mol. The van der Waals surface area contributed by atoms with Crippen LogP contribution in [0.1, 0.15) is 0 Å². The number of para-hydroxylation sites is 1. The summed E-state index contributed by atoms with van der Waals surface area (Å²) < 4.78 is 20.5. The number of hydrogen-bond acceptors (Lipinski definition) is 6. The summed E-state index contributed by atoms with van der Waals surface area (Å²) in [5, 5.41) is 11.0. The summed E-state index contributed by atoms with van der Waals surface area (Å²) >= 11 is 0. The summed E-state index contributed by atoms with van der Waals surface area (Å²) in [6.07, 6.45) is -0.513. The third-order valence-corrected chi connectivity index (χ3v) is 2.38. The van der Waals surface area contributed by atoms with Crippen molar-refractivity contribution >= 4 is 6.09 Å². The fraction of sp³-hybridized carbons (Fsp3) is 0.533. The highest BCUT2D eigenvalue weighted by Crippen LogP contribution is 2.06. The van der Waals surface area contributed by atoms with Crippen LogP contribution >= 0.6 is 0 Å². The molecule has 0 saturated heterocycles. The summed E-state index contributed by atoms with van der Waals surface area (Å²) in [7, 11) is 0. The van der Waals surface area contributed by atoms with E-state index in [1.807, 2.05) is 12.1 Å². The molecule has 1 amide bonds. The van der Waals surface area contributed by atoms with Gasteiger partial charge in [0.05, 0.1) is 33.0 Å². The molecule has 7 heteroatoms. The molecule has 22 heavy (non-hydrogen) atoms. The van der Waals surface area contributed by atoms with Gasteiger partial charge in [0.25, 0.3) is 0 Å². The molecule has 1 aromatic carbocycles. The third kappa shape index (κ3) is 9.98. The Kier molecular flexibility index (Phi) is 10.7. The Morgan fingerprint density at radius 1 is 1.09 bits per heavy atom. The maximum atomic E-state index is 11.3. The van der Waals surface area contributed by atoms with Crippen molar-refractivity contribution in [1.29, 1.82) is 0 Å². The molecule has 0 heterocycles. The van der Waals surface area contributed by atoms with E-state index in [4.69, 9.17) is 24.1 Å². The van der Waals surface area contributed by atoms with Gasteiger partial charge in [0.2, 0.25) is 0 Å². The van der Waals surface area contributed by atoms with Crippen molar-refractivity contribution in [2.75, 3.05) is 52.8 Å². The Morgan fingerprint density at radius 3 is 2.64 bits per heavy atom. The van der Waals surface area contributed by atoms with Crippen LogP contribution in [0.5, 0.6) is 5.75 Å². The number of benzene rings is 1. The van der Waals surface area contributed by atoms with E-state index in [9.17, 15) is 4.79 Å². The standard InChI is InChI=1S/C15H22NO6/c17-7-9-20-11-10-19-8-6-16-15(18)22-13-12-21-14-4-2-1-3-5-14/h1-4,17H,6-13H2,(H,16,18). The first-order valence-electron chi connectivity index (χ1n) is 7.09. The fourth-order valence-electron chi connectivity index (χ4n) is 1.42. The predicted octanol–water partition coefficient (Wildman–Crippen LogP) is 0.617. The van der Waals surface area contributed by atoms with E-state index in [1.54, 1.807) is 12.1 Å². The van der Waals surface area contributed by atoms with Crippen molar-refractivity contribution in [1.82, 2.24) is 5.32 Å². The van der Waals surface area contributed by atoms with E-state index >= 15 is 0 Å².